The standard InChI is InChI=1S/C14H19N3/c1-10(11-5-2-3-6-11)16-13-8-4-7-12-9-15-17-14(12)13/h4,7-11,16H,2-3,5-6H2,1H3,(H,15,17). The number of hydrogen-bond acceptors (Lipinski definition) is 2. The predicted octanol–water partition coefficient (Wildman–Crippen LogP) is 3.55. The van der Waals surface area contributed by atoms with Crippen LogP contribution in [0.15, 0.2) is 24.4 Å². The molecule has 2 N–H and O–H groups in total. The number of anilines is 1. The van der Waals surface area contributed by atoms with Crippen molar-refractivity contribution in [3.05, 3.63) is 24.4 Å². The molecular formula is C14H19N3. The molecule has 2 aromatic rings. The van der Waals surface area contributed by atoms with Crippen LogP contribution in [0.3, 0.4) is 0 Å². The first kappa shape index (κ1) is 10.6. The second-order valence-corrected chi connectivity index (χ2v) is 5.12. The van der Waals surface area contributed by atoms with Crippen LogP contribution >= 0.6 is 0 Å². The van der Waals surface area contributed by atoms with Crippen molar-refractivity contribution in [1.29, 1.82) is 0 Å². The number of aromatic nitrogens is 2. The van der Waals surface area contributed by atoms with Crippen LogP contribution < -0.4 is 5.32 Å². The summed E-state index contributed by atoms with van der Waals surface area (Å²) >= 11 is 0. The lowest BCUT2D eigenvalue weighted by molar-refractivity contribution is 0.482. The second-order valence-electron chi connectivity index (χ2n) is 5.12. The van der Waals surface area contributed by atoms with E-state index in [0.29, 0.717) is 6.04 Å². The van der Waals surface area contributed by atoms with E-state index in [0.717, 1.165) is 11.4 Å². The minimum absolute atomic E-state index is 0.548. The van der Waals surface area contributed by atoms with Crippen molar-refractivity contribution in [2.75, 3.05) is 5.32 Å². The number of nitrogens with zero attached hydrogens (tertiary/aromatic N) is 1. The fourth-order valence-corrected chi connectivity index (χ4v) is 2.91. The summed E-state index contributed by atoms with van der Waals surface area (Å²) in [6.45, 7) is 2.30. The van der Waals surface area contributed by atoms with Crippen molar-refractivity contribution < 1.29 is 0 Å². The first-order valence-electron chi connectivity index (χ1n) is 6.53. The van der Waals surface area contributed by atoms with Gasteiger partial charge in [-0.15, -0.1) is 0 Å². The zero-order valence-electron chi connectivity index (χ0n) is 10.2. The van der Waals surface area contributed by atoms with Gasteiger partial charge in [-0.2, -0.15) is 5.10 Å². The highest BCUT2D eigenvalue weighted by Gasteiger charge is 2.21. The number of aromatic amines is 1. The zero-order chi connectivity index (χ0) is 11.7. The highest BCUT2D eigenvalue weighted by Crippen LogP contribution is 2.30. The molecule has 0 radical (unpaired) electrons. The van der Waals surface area contributed by atoms with Crippen LogP contribution in [0.5, 0.6) is 0 Å². The van der Waals surface area contributed by atoms with Crippen molar-refractivity contribution in [1.82, 2.24) is 10.2 Å². The molecule has 0 saturated heterocycles. The molecule has 1 saturated carbocycles. The maximum absolute atomic E-state index is 4.10. The molecule has 0 spiro atoms. The number of nitrogens with one attached hydrogen (secondary N) is 2. The molecule has 1 atom stereocenters. The number of rotatable bonds is 3. The minimum Gasteiger partial charge on any atom is -0.381 e. The van der Waals surface area contributed by atoms with Gasteiger partial charge in [-0.25, -0.2) is 0 Å². The molecule has 1 aliphatic carbocycles. The number of para-hydroxylation sites is 1. The Morgan fingerprint density at radius 1 is 1.35 bits per heavy atom. The SMILES string of the molecule is CC(Nc1cccc2cn[nH]c12)C1CCCC1. The van der Waals surface area contributed by atoms with Gasteiger partial charge in [0.2, 0.25) is 0 Å². The molecule has 90 valence electrons. The molecule has 1 heterocycles. The second kappa shape index (κ2) is 4.40. The fraction of sp³-hybridized carbons (Fsp3) is 0.500. The monoisotopic (exact) mass is 229 g/mol. The van der Waals surface area contributed by atoms with E-state index >= 15 is 0 Å². The molecule has 1 aromatic carbocycles. The van der Waals surface area contributed by atoms with E-state index in [1.54, 1.807) is 0 Å². The van der Waals surface area contributed by atoms with Crippen LogP contribution in [0.25, 0.3) is 10.9 Å². The van der Waals surface area contributed by atoms with Crippen LogP contribution in [-0.2, 0) is 0 Å². The minimum atomic E-state index is 0.548. The summed E-state index contributed by atoms with van der Waals surface area (Å²) in [6.07, 6.45) is 7.40. The number of fused-ring (bicyclic) bond motifs is 1. The van der Waals surface area contributed by atoms with Crippen molar-refractivity contribution in [2.45, 2.75) is 38.6 Å². The average molecular weight is 229 g/mol. The molecule has 3 rings (SSSR count). The highest BCUT2D eigenvalue weighted by atomic mass is 15.1. The van der Waals surface area contributed by atoms with Crippen LogP contribution in [0, 0.1) is 5.92 Å². The smallest absolute Gasteiger partial charge is 0.0881 e. The lowest BCUT2D eigenvalue weighted by Gasteiger charge is -2.21. The highest BCUT2D eigenvalue weighted by molar-refractivity contribution is 5.89. The van der Waals surface area contributed by atoms with Crippen molar-refractivity contribution in [3.8, 4) is 0 Å². The van der Waals surface area contributed by atoms with Gasteiger partial charge in [-0.1, -0.05) is 25.0 Å². The molecule has 3 heteroatoms. The third-order valence-electron chi connectivity index (χ3n) is 3.97. The fourth-order valence-electron chi connectivity index (χ4n) is 2.91. The van der Waals surface area contributed by atoms with Crippen LogP contribution in [0.1, 0.15) is 32.6 Å². The van der Waals surface area contributed by atoms with E-state index in [1.807, 2.05) is 6.20 Å². The quantitative estimate of drug-likeness (QED) is 0.845. The summed E-state index contributed by atoms with van der Waals surface area (Å²) in [5.41, 5.74) is 2.30. The molecule has 3 nitrogen and oxygen atoms in total. The number of benzene rings is 1. The Morgan fingerprint density at radius 3 is 3.00 bits per heavy atom. The molecular weight excluding hydrogens is 210 g/mol. The summed E-state index contributed by atoms with van der Waals surface area (Å²) in [5, 5.41) is 12.0. The van der Waals surface area contributed by atoms with Crippen LogP contribution in [0.2, 0.25) is 0 Å². The van der Waals surface area contributed by atoms with E-state index < -0.39 is 0 Å². The Kier molecular flexibility index (Phi) is 2.75. The van der Waals surface area contributed by atoms with Crippen molar-refractivity contribution in [3.63, 3.8) is 0 Å². The lowest BCUT2D eigenvalue weighted by Crippen LogP contribution is -2.23. The first-order chi connectivity index (χ1) is 8.34. The van der Waals surface area contributed by atoms with Gasteiger partial charge >= 0.3 is 0 Å². The number of hydrogen-bond donors (Lipinski definition) is 2. The third kappa shape index (κ3) is 2.02. The predicted molar refractivity (Wildman–Crippen MR) is 71.1 cm³/mol. The van der Waals surface area contributed by atoms with Gasteiger partial charge in [0.05, 0.1) is 17.4 Å². The topological polar surface area (TPSA) is 40.7 Å². The summed E-state index contributed by atoms with van der Waals surface area (Å²) in [7, 11) is 0. The van der Waals surface area contributed by atoms with Gasteiger partial charge in [0.15, 0.2) is 0 Å². The first-order valence-corrected chi connectivity index (χ1v) is 6.53. The Balaban J connectivity index is 1.81. The van der Waals surface area contributed by atoms with Gasteiger partial charge in [-0.3, -0.25) is 5.10 Å². The molecule has 1 aromatic heterocycles. The van der Waals surface area contributed by atoms with Crippen LogP contribution in [0.4, 0.5) is 5.69 Å². The molecule has 1 fully saturated rings. The van der Waals surface area contributed by atoms with Gasteiger partial charge in [0.25, 0.3) is 0 Å². The van der Waals surface area contributed by atoms with Gasteiger partial charge in [-0.05, 0) is 31.7 Å². The normalized spacial score (nSPS) is 18.6. The molecule has 1 unspecified atom stereocenters. The maximum atomic E-state index is 4.10. The molecule has 0 amide bonds. The van der Waals surface area contributed by atoms with Gasteiger partial charge in [0.1, 0.15) is 0 Å². The summed E-state index contributed by atoms with van der Waals surface area (Å²) in [5.74, 6) is 0.827. The Hall–Kier alpha value is -1.51. The van der Waals surface area contributed by atoms with Gasteiger partial charge in [0, 0.05) is 11.4 Å². The van der Waals surface area contributed by atoms with E-state index in [2.05, 4.69) is 40.6 Å². The largest absolute Gasteiger partial charge is 0.381 e. The van der Waals surface area contributed by atoms with E-state index in [1.165, 1.54) is 36.8 Å². The van der Waals surface area contributed by atoms with E-state index in [4.69, 9.17) is 0 Å². The maximum Gasteiger partial charge on any atom is 0.0881 e. The number of H-pyrrole nitrogens is 1. The van der Waals surface area contributed by atoms with Crippen molar-refractivity contribution >= 4 is 16.6 Å². The molecule has 17 heavy (non-hydrogen) atoms. The van der Waals surface area contributed by atoms with Gasteiger partial charge < -0.3 is 5.32 Å². The van der Waals surface area contributed by atoms with Crippen LogP contribution in [-0.4, -0.2) is 16.2 Å². The van der Waals surface area contributed by atoms with E-state index in [9.17, 15) is 0 Å². The van der Waals surface area contributed by atoms with E-state index in [-0.39, 0.29) is 0 Å². The Morgan fingerprint density at radius 2 is 2.18 bits per heavy atom. The molecule has 1 aliphatic rings. The Bertz CT molecular complexity index is 497. The van der Waals surface area contributed by atoms with Crippen molar-refractivity contribution in [2.24, 2.45) is 5.92 Å². The molecule has 0 bridgehead atoms. The summed E-state index contributed by atoms with van der Waals surface area (Å²) < 4.78 is 0. The average Bonchev–Trinajstić information content (AvgIpc) is 3.00. The lowest BCUT2D eigenvalue weighted by atomic mass is 9.99. The molecule has 0 aliphatic heterocycles. The summed E-state index contributed by atoms with van der Waals surface area (Å²) in [4.78, 5) is 0. The Labute approximate surface area is 102 Å². The third-order valence-corrected chi connectivity index (χ3v) is 3.97. The zero-order valence-corrected chi connectivity index (χ0v) is 10.2. The summed E-state index contributed by atoms with van der Waals surface area (Å²) in [6, 6.07) is 6.85.